The van der Waals surface area contributed by atoms with Crippen molar-refractivity contribution in [2.75, 3.05) is 31.2 Å². The molecule has 0 saturated carbocycles. The fourth-order valence-electron chi connectivity index (χ4n) is 4.09. The third-order valence-electron chi connectivity index (χ3n) is 5.37. The number of pyridine rings is 2. The van der Waals surface area contributed by atoms with Gasteiger partial charge >= 0.3 is 0 Å². The number of nitrogens with one attached hydrogen (secondary N) is 1. The van der Waals surface area contributed by atoms with Crippen LogP contribution in [-0.4, -0.2) is 58.1 Å². The van der Waals surface area contributed by atoms with E-state index in [4.69, 9.17) is 9.84 Å². The summed E-state index contributed by atoms with van der Waals surface area (Å²) in [4.78, 5) is 6.99. The van der Waals surface area contributed by atoms with E-state index in [-0.39, 0.29) is 19.1 Å². The Kier molecular flexibility index (Phi) is 4.11. The molecule has 0 amide bonds. The number of ether oxygens (including phenoxy) is 1. The van der Waals surface area contributed by atoms with E-state index in [2.05, 4.69) is 26.4 Å². The van der Waals surface area contributed by atoms with Crippen molar-refractivity contribution in [3.8, 4) is 23.1 Å². The van der Waals surface area contributed by atoms with Crippen molar-refractivity contribution >= 4 is 11.3 Å². The van der Waals surface area contributed by atoms with Gasteiger partial charge in [0.15, 0.2) is 0 Å². The Bertz CT molecular complexity index is 1040. The molecule has 2 unspecified atom stereocenters. The number of aliphatic hydroxyl groups excluding tert-OH is 1. The second-order valence-electron chi connectivity index (χ2n) is 7.19. The number of nitriles is 1. The number of piperidine rings is 1. The summed E-state index contributed by atoms with van der Waals surface area (Å²) in [5.41, 5.74) is 2.82. The first kappa shape index (κ1) is 17.0. The summed E-state index contributed by atoms with van der Waals surface area (Å²) in [7, 11) is 0. The van der Waals surface area contributed by atoms with E-state index in [1.807, 2.05) is 30.5 Å². The van der Waals surface area contributed by atoms with Gasteiger partial charge in [0.05, 0.1) is 12.1 Å². The summed E-state index contributed by atoms with van der Waals surface area (Å²) < 4.78 is 7.07. The highest BCUT2D eigenvalue weighted by Gasteiger charge is 2.36. The van der Waals surface area contributed by atoms with Crippen LogP contribution in [0.3, 0.4) is 0 Å². The number of anilines is 1. The zero-order valence-electron chi connectivity index (χ0n) is 15.2. The van der Waals surface area contributed by atoms with Crippen molar-refractivity contribution in [2.24, 2.45) is 0 Å². The number of fused-ring (bicyclic) bond motifs is 3. The lowest BCUT2D eigenvalue weighted by atomic mass is 9.91. The van der Waals surface area contributed by atoms with Crippen LogP contribution in [0.4, 0.5) is 5.82 Å². The third-order valence-corrected chi connectivity index (χ3v) is 5.37. The lowest BCUT2D eigenvalue weighted by Crippen LogP contribution is -2.67. The van der Waals surface area contributed by atoms with Crippen molar-refractivity contribution in [3.05, 3.63) is 42.2 Å². The van der Waals surface area contributed by atoms with Gasteiger partial charge in [0.1, 0.15) is 24.1 Å². The summed E-state index contributed by atoms with van der Waals surface area (Å²) in [6.45, 7) is 1.94. The highest BCUT2D eigenvalue weighted by atomic mass is 16.5. The van der Waals surface area contributed by atoms with E-state index in [1.54, 1.807) is 10.7 Å². The number of aromatic nitrogens is 3. The van der Waals surface area contributed by atoms with Crippen LogP contribution in [0, 0.1) is 11.3 Å². The third kappa shape index (κ3) is 2.76. The normalized spacial score (nSPS) is 20.6. The minimum Gasteiger partial charge on any atom is -0.473 e. The first-order valence-electron chi connectivity index (χ1n) is 9.39. The number of nitrogens with zero attached hydrogens (tertiary/aromatic N) is 5. The Balaban J connectivity index is 1.50. The van der Waals surface area contributed by atoms with Gasteiger partial charge in [0.2, 0.25) is 0 Å². The molecule has 0 aromatic carbocycles. The van der Waals surface area contributed by atoms with Crippen molar-refractivity contribution in [3.63, 3.8) is 0 Å². The quantitative estimate of drug-likeness (QED) is 0.690. The van der Waals surface area contributed by atoms with Gasteiger partial charge in [-0.25, -0.2) is 9.50 Å². The van der Waals surface area contributed by atoms with Crippen LogP contribution in [0.5, 0.6) is 5.88 Å². The fourth-order valence-corrected chi connectivity index (χ4v) is 4.09. The molecule has 2 bridgehead atoms. The van der Waals surface area contributed by atoms with Gasteiger partial charge in [-0.15, -0.1) is 5.10 Å². The molecule has 0 spiro atoms. The van der Waals surface area contributed by atoms with E-state index < -0.39 is 0 Å². The molecule has 3 aliphatic rings. The Morgan fingerprint density at radius 2 is 2.11 bits per heavy atom. The molecule has 2 atom stereocenters. The first-order chi connectivity index (χ1) is 13.8. The summed E-state index contributed by atoms with van der Waals surface area (Å²) >= 11 is 0. The molecule has 142 valence electrons. The number of aliphatic hydroxyl groups is 1. The summed E-state index contributed by atoms with van der Waals surface area (Å²) in [5.74, 6) is 1.21. The molecule has 3 aromatic rings. The first-order valence-corrected chi connectivity index (χ1v) is 9.39. The summed E-state index contributed by atoms with van der Waals surface area (Å²) in [5, 5.41) is 26.5. The molecule has 3 aliphatic heterocycles. The van der Waals surface area contributed by atoms with Crippen LogP contribution in [0.2, 0.25) is 0 Å². The van der Waals surface area contributed by atoms with Crippen molar-refractivity contribution in [1.29, 1.82) is 5.26 Å². The minimum absolute atomic E-state index is 0.0941. The zero-order valence-corrected chi connectivity index (χ0v) is 15.2. The number of hydrogen-bond donors (Lipinski definition) is 2. The molecular weight excluding hydrogens is 356 g/mol. The Labute approximate surface area is 162 Å². The number of piperazine rings is 1. The van der Waals surface area contributed by atoms with Gasteiger partial charge in [0, 0.05) is 48.7 Å². The summed E-state index contributed by atoms with van der Waals surface area (Å²) in [6, 6.07) is 11.2. The Morgan fingerprint density at radius 1 is 1.29 bits per heavy atom. The number of rotatable bonds is 5. The molecule has 8 nitrogen and oxygen atoms in total. The van der Waals surface area contributed by atoms with E-state index in [0.717, 1.165) is 30.0 Å². The molecule has 2 N–H and O–H groups in total. The molecule has 8 heteroatoms. The Morgan fingerprint density at radius 3 is 2.79 bits per heavy atom. The van der Waals surface area contributed by atoms with Crippen LogP contribution < -0.4 is 15.0 Å². The standard InChI is InChI=1S/C20H20N6O2/c21-9-17-19-16(2-1-5-26(19)24-20(17)28-7-6-27)13-3-4-18(22-10-13)25-11-14-8-15(12-25)23-14/h1-5,10,14-15,23,27H,6-8,11-12H2. The van der Waals surface area contributed by atoms with Crippen molar-refractivity contribution in [1.82, 2.24) is 19.9 Å². The van der Waals surface area contributed by atoms with Gasteiger partial charge in [-0.1, -0.05) is 6.07 Å². The Hall–Kier alpha value is -3.15. The van der Waals surface area contributed by atoms with Crippen molar-refractivity contribution < 1.29 is 9.84 Å². The molecule has 3 aromatic heterocycles. The molecule has 3 fully saturated rings. The van der Waals surface area contributed by atoms with Gasteiger partial charge in [-0.2, -0.15) is 5.26 Å². The fraction of sp³-hybridized carbons (Fsp3) is 0.350. The topological polar surface area (TPSA) is 98.7 Å². The summed E-state index contributed by atoms with van der Waals surface area (Å²) in [6.07, 6.45) is 4.89. The lowest BCUT2D eigenvalue weighted by Gasteiger charge is -2.48. The predicted molar refractivity (Wildman–Crippen MR) is 103 cm³/mol. The van der Waals surface area contributed by atoms with Crippen LogP contribution in [0.25, 0.3) is 16.6 Å². The molecule has 28 heavy (non-hydrogen) atoms. The van der Waals surface area contributed by atoms with Crippen LogP contribution >= 0.6 is 0 Å². The van der Waals surface area contributed by atoms with Crippen LogP contribution in [-0.2, 0) is 0 Å². The molecule has 0 aliphatic carbocycles. The van der Waals surface area contributed by atoms with Gasteiger partial charge in [0.25, 0.3) is 5.88 Å². The second kappa shape index (κ2) is 6.78. The van der Waals surface area contributed by atoms with E-state index in [9.17, 15) is 5.26 Å². The predicted octanol–water partition coefficient (Wildman–Crippen LogP) is 1.19. The van der Waals surface area contributed by atoms with Crippen molar-refractivity contribution in [2.45, 2.75) is 18.5 Å². The van der Waals surface area contributed by atoms with E-state index in [1.165, 1.54) is 6.42 Å². The minimum atomic E-state index is -0.134. The van der Waals surface area contributed by atoms with Crippen LogP contribution in [0.1, 0.15) is 12.0 Å². The molecule has 0 radical (unpaired) electrons. The molecule has 3 saturated heterocycles. The molecule has 6 rings (SSSR count). The average Bonchev–Trinajstić information content (AvgIpc) is 3.09. The monoisotopic (exact) mass is 376 g/mol. The van der Waals surface area contributed by atoms with Gasteiger partial charge in [-0.3, -0.25) is 0 Å². The maximum Gasteiger partial charge on any atom is 0.252 e. The van der Waals surface area contributed by atoms with Gasteiger partial charge in [-0.05, 0) is 24.6 Å². The number of hydrogen-bond acceptors (Lipinski definition) is 7. The SMILES string of the molecule is N#Cc1c(OCCO)nn2cccc(-c3ccc(N4CC5CC(C4)N5)nc3)c12. The van der Waals surface area contributed by atoms with Gasteiger partial charge < -0.3 is 20.1 Å². The largest absolute Gasteiger partial charge is 0.473 e. The second-order valence-corrected chi connectivity index (χ2v) is 7.19. The molecule has 6 heterocycles. The maximum absolute atomic E-state index is 9.65. The highest BCUT2D eigenvalue weighted by molar-refractivity contribution is 5.85. The van der Waals surface area contributed by atoms with E-state index in [0.29, 0.717) is 23.2 Å². The van der Waals surface area contributed by atoms with Crippen LogP contribution in [0.15, 0.2) is 36.7 Å². The molecular formula is C20H20N6O2. The zero-order chi connectivity index (χ0) is 19.1. The highest BCUT2D eigenvalue weighted by Crippen LogP contribution is 2.32. The smallest absolute Gasteiger partial charge is 0.252 e. The van der Waals surface area contributed by atoms with E-state index >= 15 is 0 Å². The average molecular weight is 376 g/mol. The lowest BCUT2D eigenvalue weighted by molar-refractivity contribution is 0.196. The maximum atomic E-state index is 9.65.